The van der Waals surface area contributed by atoms with Gasteiger partial charge in [-0.15, -0.1) is 0 Å². The van der Waals surface area contributed by atoms with E-state index in [1.807, 2.05) is 30.3 Å². The summed E-state index contributed by atoms with van der Waals surface area (Å²) in [6, 6.07) is 10.6. The normalized spacial score (nSPS) is 30.4. The summed E-state index contributed by atoms with van der Waals surface area (Å²) in [6.45, 7) is 0.934. The Labute approximate surface area is 180 Å². The number of hydrogen-bond acceptors (Lipinski definition) is 6. The van der Waals surface area contributed by atoms with Crippen molar-refractivity contribution in [2.24, 2.45) is 11.8 Å². The molecule has 3 amide bonds. The van der Waals surface area contributed by atoms with Gasteiger partial charge in [0.2, 0.25) is 17.7 Å². The van der Waals surface area contributed by atoms with Gasteiger partial charge in [0.1, 0.15) is 17.0 Å². The molecule has 1 N–H and O–H groups in total. The van der Waals surface area contributed by atoms with Crippen LogP contribution in [0, 0.1) is 11.8 Å². The van der Waals surface area contributed by atoms with Crippen molar-refractivity contribution in [3.8, 4) is 5.75 Å². The minimum Gasteiger partial charge on any atom is -0.497 e. The van der Waals surface area contributed by atoms with Crippen molar-refractivity contribution in [1.29, 1.82) is 0 Å². The standard InChI is InChI=1S/C23H25N3O5/c1-25-20(27)17-18(21(25)28)23(24-19(17)14-6-8-15(30-2)9-7-14)10-4-11-26(22(23)29)13-16-5-3-12-31-16/h3,5-9,12,17-19,24H,4,10-11,13H2,1-2H3/t17-,18-,19-,23-/m1/s1. The number of hydrogen-bond donors (Lipinski definition) is 1. The number of nitrogens with one attached hydrogen (secondary N) is 1. The number of fused-ring (bicyclic) bond motifs is 2. The smallest absolute Gasteiger partial charge is 0.244 e. The fraction of sp³-hybridized carbons (Fsp3) is 0.435. The maximum Gasteiger partial charge on any atom is 0.244 e. The zero-order valence-electron chi connectivity index (χ0n) is 17.5. The Bertz CT molecular complexity index is 1020. The lowest BCUT2D eigenvalue weighted by Crippen LogP contribution is -2.63. The maximum atomic E-state index is 13.8. The second kappa shape index (κ2) is 7.23. The second-order valence-electron chi connectivity index (χ2n) is 8.52. The number of carbonyl (C=O) groups is 3. The molecule has 3 saturated heterocycles. The average molecular weight is 423 g/mol. The first-order valence-corrected chi connectivity index (χ1v) is 10.5. The number of rotatable bonds is 4. The molecule has 1 aromatic heterocycles. The lowest BCUT2D eigenvalue weighted by atomic mass is 9.74. The topological polar surface area (TPSA) is 92.1 Å². The van der Waals surface area contributed by atoms with Gasteiger partial charge >= 0.3 is 0 Å². The van der Waals surface area contributed by atoms with E-state index in [0.29, 0.717) is 31.0 Å². The number of imide groups is 1. The number of likely N-dealkylation sites (tertiary alicyclic amines) is 2. The van der Waals surface area contributed by atoms with Gasteiger partial charge in [-0.1, -0.05) is 12.1 Å². The highest BCUT2D eigenvalue weighted by Gasteiger charge is 2.68. The monoisotopic (exact) mass is 423 g/mol. The number of piperidine rings is 1. The number of furan rings is 1. The largest absolute Gasteiger partial charge is 0.497 e. The highest BCUT2D eigenvalue weighted by atomic mass is 16.5. The third-order valence-corrected chi connectivity index (χ3v) is 6.94. The molecule has 162 valence electrons. The maximum absolute atomic E-state index is 13.8. The van der Waals surface area contributed by atoms with Gasteiger partial charge in [-0.2, -0.15) is 0 Å². The van der Waals surface area contributed by atoms with Crippen molar-refractivity contribution < 1.29 is 23.5 Å². The Morgan fingerprint density at radius 1 is 1.16 bits per heavy atom. The summed E-state index contributed by atoms with van der Waals surface area (Å²) in [5.41, 5.74) is -0.238. The molecule has 8 nitrogen and oxygen atoms in total. The second-order valence-corrected chi connectivity index (χ2v) is 8.52. The molecule has 8 heteroatoms. The Morgan fingerprint density at radius 3 is 2.61 bits per heavy atom. The first-order valence-electron chi connectivity index (χ1n) is 10.5. The van der Waals surface area contributed by atoms with Gasteiger partial charge in [-0.3, -0.25) is 24.6 Å². The number of nitrogens with zero attached hydrogens (tertiary/aromatic N) is 2. The molecule has 0 saturated carbocycles. The molecule has 0 radical (unpaired) electrons. The zero-order valence-corrected chi connectivity index (χ0v) is 17.5. The molecule has 31 heavy (non-hydrogen) atoms. The predicted molar refractivity (Wildman–Crippen MR) is 110 cm³/mol. The number of benzene rings is 1. The van der Waals surface area contributed by atoms with E-state index in [4.69, 9.17) is 9.15 Å². The molecular formula is C23H25N3O5. The zero-order chi connectivity index (χ0) is 21.8. The molecule has 0 bridgehead atoms. The van der Waals surface area contributed by atoms with E-state index in [9.17, 15) is 14.4 Å². The van der Waals surface area contributed by atoms with Crippen LogP contribution in [0.15, 0.2) is 47.1 Å². The minimum atomic E-state index is -1.10. The molecule has 5 rings (SSSR count). The molecule has 1 spiro atoms. The molecule has 4 heterocycles. The molecule has 0 aliphatic carbocycles. The van der Waals surface area contributed by atoms with Gasteiger partial charge < -0.3 is 14.1 Å². The van der Waals surface area contributed by atoms with Crippen LogP contribution in [0.3, 0.4) is 0 Å². The van der Waals surface area contributed by atoms with Crippen LogP contribution in [-0.2, 0) is 20.9 Å². The molecule has 3 aliphatic rings. The van der Waals surface area contributed by atoms with E-state index in [1.165, 1.54) is 11.9 Å². The van der Waals surface area contributed by atoms with E-state index < -0.39 is 23.4 Å². The van der Waals surface area contributed by atoms with Crippen molar-refractivity contribution in [3.05, 3.63) is 54.0 Å². The summed E-state index contributed by atoms with van der Waals surface area (Å²) in [5.74, 6) is -0.599. The number of carbonyl (C=O) groups excluding carboxylic acids is 3. The van der Waals surface area contributed by atoms with Gasteiger partial charge in [0.15, 0.2) is 0 Å². The fourth-order valence-electron chi connectivity index (χ4n) is 5.45. The third kappa shape index (κ3) is 2.89. The van der Waals surface area contributed by atoms with Gasteiger partial charge in [0.05, 0.1) is 31.8 Å². The van der Waals surface area contributed by atoms with Crippen LogP contribution in [0.1, 0.15) is 30.2 Å². The number of amides is 3. The van der Waals surface area contributed by atoms with Crippen LogP contribution < -0.4 is 10.1 Å². The Hall–Kier alpha value is -3.13. The summed E-state index contributed by atoms with van der Waals surface area (Å²) in [6.07, 6.45) is 2.83. The summed E-state index contributed by atoms with van der Waals surface area (Å²) in [5, 5.41) is 3.47. The molecule has 2 aromatic rings. The molecule has 1 aromatic carbocycles. The Balaban J connectivity index is 1.53. The number of methoxy groups -OCH3 is 1. The van der Waals surface area contributed by atoms with Gasteiger partial charge in [-0.05, 0) is 42.7 Å². The van der Waals surface area contributed by atoms with Crippen LogP contribution in [0.2, 0.25) is 0 Å². The summed E-state index contributed by atoms with van der Waals surface area (Å²) >= 11 is 0. The highest BCUT2D eigenvalue weighted by Crippen LogP contribution is 2.51. The lowest BCUT2D eigenvalue weighted by molar-refractivity contribution is -0.149. The van der Waals surface area contributed by atoms with Crippen LogP contribution in [-0.4, -0.2) is 53.8 Å². The first-order chi connectivity index (χ1) is 15.0. The quantitative estimate of drug-likeness (QED) is 0.753. The molecule has 3 aliphatic heterocycles. The van der Waals surface area contributed by atoms with Gasteiger partial charge in [0, 0.05) is 19.6 Å². The van der Waals surface area contributed by atoms with Crippen LogP contribution >= 0.6 is 0 Å². The molecule has 4 atom stereocenters. The van der Waals surface area contributed by atoms with Crippen molar-refractivity contribution in [1.82, 2.24) is 15.1 Å². The summed E-state index contributed by atoms with van der Waals surface area (Å²) < 4.78 is 10.7. The predicted octanol–water partition coefficient (Wildman–Crippen LogP) is 1.72. The molecule has 3 fully saturated rings. The first kappa shape index (κ1) is 19.8. The molecule has 0 unspecified atom stereocenters. The van der Waals surface area contributed by atoms with Crippen LogP contribution in [0.4, 0.5) is 0 Å². The van der Waals surface area contributed by atoms with Crippen molar-refractivity contribution in [2.75, 3.05) is 20.7 Å². The Kier molecular flexibility index (Phi) is 4.62. The lowest BCUT2D eigenvalue weighted by Gasteiger charge is -2.42. The van der Waals surface area contributed by atoms with Crippen molar-refractivity contribution in [3.63, 3.8) is 0 Å². The SMILES string of the molecule is COc1ccc([C@H]2N[C@]3(CCCN(Cc4ccco4)C3=O)[C@H]3C(=O)N(C)C(=O)[C@@H]23)cc1. The van der Waals surface area contributed by atoms with E-state index in [1.54, 1.807) is 24.3 Å². The van der Waals surface area contributed by atoms with Crippen LogP contribution in [0.25, 0.3) is 0 Å². The Morgan fingerprint density at radius 2 is 1.94 bits per heavy atom. The van der Waals surface area contributed by atoms with Crippen molar-refractivity contribution in [2.45, 2.75) is 31.0 Å². The average Bonchev–Trinajstić information content (AvgIpc) is 3.47. The van der Waals surface area contributed by atoms with E-state index in [0.717, 1.165) is 12.0 Å². The van der Waals surface area contributed by atoms with E-state index in [2.05, 4.69) is 5.32 Å². The highest BCUT2D eigenvalue weighted by molar-refractivity contribution is 6.10. The van der Waals surface area contributed by atoms with Gasteiger partial charge in [-0.25, -0.2) is 0 Å². The van der Waals surface area contributed by atoms with E-state index >= 15 is 0 Å². The fourth-order valence-corrected chi connectivity index (χ4v) is 5.45. The third-order valence-electron chi connectivity index (χ3n) is 6.94. The van der Waals surface area contributed by atoms with E-state index in [-0.39, 0.29) is 17.7 Å². The van der Waals surface area contributed by atoms with Crippen molar-refractivity contribution >= 4 is 17.7 Å². The minimum absolute atomic E-state index is 0.141. The summed E-state index contributed by atoms with van der Waals surface area (Å²) in [7, 11) is 3.10. The van der Waals surface area contributed by atoms with Gasteiger partial charge in [0.25, 0.3) is 0 Å². The summed E-state index contributed by atoms with van der Waals surface area (Å²) in [4.78, 5) is 42.9. The molecular weight excluding hydrogens is 398 g/mol. The van der Waals surface area contributed by atoms with Crippen LogP contribution in [0.5, 0.6) is 5.75 Å². The number of ether oxygens (including phenoxy) is 1.